The molecule has 5 nitrogen and oxygen atoms in total. The van der Waals surface area contributed by atoms with Crippen LogP contribution in [0.1, 0.15) is 37.0 Å². The van der Waals surface area contributed by atoms with Crippen LogP contribution in [0.25, 0.3) is 0 Å². The van der Waals surface area contributed by atoms with Crippen molar-refractivity contribution < 1.29 is 4.52 Å². The predicted octanol–water partition coefficient (Wildman–Crippen LogP) is 3.16. The van der Waals surface area contributed by atoms with Crippen molar-refractivity contribution in [2.75, 3.05) is 5.32 Å². The zero-order chi connectivity index (χ0) is 13.1. The second kappa shape index (κ2) is 5.35. The minimum atomic E-state index is 0.235. The molecule has 0 aliphatic carbocycles. The molecule has 0 aromatic carbocycles. The molecular weight excluding hydrogens is 252 g/mol. The molecule has 1 N–H and O–H groups in total. The standard InChI is InChI=1S/C12H15ClN4O/c1-7(2)12-15-10(13)5-11(16-12)14-6-9-4-8(3)18-17-9/h4-5,7H,6H2,1-3H3,(H,14,15,16). The SMILES string of the molecule is Cc1cc(CNc2cc(Cl)nc(C(C)C)n2)no1. The molecule has 0 fully saturated rings. The van der Waals surface area contributed by atoms with Gasteiger partial charge in [-0.15, -0.1) is 0 Å². The van der Waals surface area contributed by atoms with Crippen molar-refractivity contribution in [1.82, 2.24) is 15.1 Å². The van der Waals surface area contributed by atoms with Gasteiger partial charge >= 0.3 is 0 Å². The summed E-state index contributed by atoms with van der Waals surface area (Å²) < 4.78 is 4.99. The molecule has 96 valence electrons. The van der Waals surface area contributed by atoms with Crippen LogP contribution in [0.15, 0.2) is 16.7 Å². The van der Waals surface area contributed by atoms with Crippen LogP contribution in [-0.4, -0.2) is 15.1 Å². The Balaban J connectivity index is 2.09. The number of nitrogens with one attached hydrogen (secondary N) is 1. The number of aromatic nitrogens is 3. The first-order chi connectivity index (χ1) is 8.54. The summed E-state index contributed by atoms with van der Waals surface area (Å²) in [6, 6.07) is 3.57. The Morgan fingerprint density at radius 2 is 2.11 bits per heavy atom. The van der Waals surface area contributed by atoms with E-state index in [1.54, 1.807) is 6.07 Å². The summed E-state index contributed by atoms with van der Waals surface area (Å²) >= 11 is 5.95. The monoisotopic (exact) mass is 266 g/mol. The summed E-state index contributed by atoms with van der Waals surface area (Å²) in [5, 5.41) is 7.49. The number of rotatable bonds is 4. The van der Waals surface area contributed by atoms with E-state index in [0.29, 0.717) is 17.5 Å². The number of halogens is 1. The number of aryl methyl sites for hydroxylation is 1. The fraction of sp³-hybridized carbons (Fsp3) is 0.417. The first kappa shape index (κ1) is 12.8. The van der Waals surface area contributed by atoms with Crippen LogP contribution in [0.4, 0.5) is 5.82 Å². The summed E-state index contributed by atoms with van der Waals surface area (Å²) in [5.74, 6) is 2.44. The lowest BCUT2D eigenvalue weighted by atomic mass is 10.2. The Morgan fingerprint density at radius 1 is 1.33 bits per heavy atom. The van der Waals surface area contributed by atoms with Gasteiger partial charge in [-0.05, 0) is 6.92 Å². The van der Waals surface area contributed by atoms with Gasteiger partial charge in [-0.2, -0.15) is 0 Å². The van der Waals surface area contributed by atoms with E-state index in [0.717, 1.165) is 17.3 Å². The first-order valence-electron chi connectivity index (χ1n) is 5.75. The molecule has 0 spiro atoms. The molecule has 0 atom stereocenters. The molecule has 0 aliphatic heterocycles. The zero-order valence-corrected chi connectivity index (χ0v) is 11.3. The highest BCUT2D eigenvalue weighted by atomic mass is 35.5. The van der Waals surface area contributed by atoms with Crippen molar-refractivity contribution >= 4 is 17.4 Å². The molecule has 2 rings (SSSR count). The predicted molar refractivity (Wildman–Crippen MR) is 69.7 cm³/mol. The van der Waals surface area contributed by atoms with Crippen molar-refractivity contribution in [2.24, 2.45) is 0 Å². The van der Waals surface area contributed by atoms with E-state index in [-0.39, 0.29) is 5.92 Å². The van der Waals surface area contributed by atoms with Crippen LogP contribution >= 0.6 is 11.6 Å². The minimum absolute atomic E-state index is 0.235. The van der Waals surface area contributed by atoms with Gasteiger partial charge in [0, 0.05) is 18.1 Å². The van der Waals surface area contributed by atoms with E-state index in [1.807, 2.05) is 26.8 Å². The molecule has 0 bridgehead atoms. The zero-order valence-electron chi connectivity index (χ0n) is 10.6. The van der Waals surface area contributed by atoms with Crippen LogP contribution in [0, 0.1) is 6.92 Å². The van der Waals surface area contributed by atoms with Gasteiger partial charge in [-0.1, -0.05) is 30.6 Å². The Labute approximate surface area is 111 Å². The largest absolute Gasteiger partial charge is 0.364 e. The molecule has 0 saturated heterocycles. The average Bonchev–Trinajstić information content (AvgIpc) is 2.72. The van der Waals surface area contributed by atoms with Gasteiger partial charge in [-0.25, -0.2) is 9.97 Å². The lowest BCUT2D eigenvalue weighted by molar-refractivity contribution is 0.391. The van der Waals surface area contributed by atoms with Crippen LogP contribution in [0.5, 0.6) is 0 Å². The van der Waals surface area contributed by atoms with Gasteiger partial charge in [0.25, 0.3) is 0 Å². The quantitative estimate of drug-likeness (QED) is 0.861. The number of hydrogen-bond acceptors (Lipinski definition) is 5. The van der Waals surface area contributed by atoms with Crippen LogP contribution in [0.2, 0.25) is 5.15 Å². The van der Waals surface area contributed by atoms with E-state index >= 15 is 0 Å². The van der Waals surface area contributed by atoms with Crippen LogP contribution in [0.3, 0.4) is 0 Å². The van der Waals surface area contributed by atoms with Crippen molar-refractivity contribution in [3.05, 3.63) is 34.6 Å². The normalized spacial score (nSPS) is 10.9. The van der Waals surface area contributed by atoms with Crippen LogP contribution in [-0.2, 0) is 6.54 Å². The van der Waals surface area contributed by atoms with E-state index in [4.69, 9.17) is 16.1 Å². The Bertz CT molecular complexity index is 539. The smallest absolute Gasteiger partial charge is 0.135 e. The lowest BCUT2D eigenvalue weighted by Gasteiger charge is -2.08. The maximum absolute atomic E-state index is 5.95. The maximum Gasteiger partial charge on any atom is 0.135 e. The second-order valence-electron chi connectivity index (χ2n) is 4.37. The Hall–Kier alpha value is -1.62. The summed E-state index contributed by atoms with van der Waals surface area (Å²) in [7, 11) is 0. The van der Waals surface area contributed by atoms with Crippen molar-refractivity contribution in [3.63, 3.8) is 0 Å². The molecule has 2 heterocycles. The van der Waals surface area contributed by atoms with Crippen molar-refractivity contribution in [3.8, 4) is 0 Å². The van der Waals surface area contributed by atoms with Crippen molar-refractivity contribution in [1.29, 1.82) is 0 Å². The molecule has 2 aromatic heterocycles. The molecule has 0 unspecified atom stereocenters. The highest BCUT2D eigenvalue weighted by Gasteiger charge is 2.07. The van der Waals surface area contributed by atoms with Gasteiger partial charge in [-0.3, -0.25) is 0 Å². The summed E-state index contributed by atoms with van der Waals surface area (Å²) in [6.45, 7) is 6.45. The van der Waals surface area contributed by atoms with Crippen LogP contribution < -0.4 is 5.32 Å². The van der Waals surface area contributed by atoms with Gasteiger partial charge in [0.05, 0.1) is 6.54 Å². The summed E-state index contributed by atoms with van der Waals surface area (Å²) in [5.41, 5.74) is 0.827. The van der Waals surface area contributed by atoms with E-state index in [1.165, 1.54) is 0 Å². The topological polar surface area (TPSA) is 63.8 Å². The third-order valence-electron chi connectivity index (χ3n) is 2.36. The maximum atomic E-state index is 5.95. The summed E-state index contributed by atoms with van der Waals surface area (Å²) in [6.07, 6.45) is 0. The number of hydrogen-bond donors (Lipinski definition) is 1. The van der Waals surface area contributed by atoms with E-state index in [9.17, 15) is 0 Å². The third kappa shape index (κ3) is 3.20. The molecule has 0 radical (unpaired) electrons. The third-order valence-corrected chi connectivity index (χ3v) is 2.55. The van der Waals surface area contributed by atoms with Gasteiger partial charge < -0.3 is 9.84 Å². The molecule has 0 amide bonds. The fourth-order valence-corrected chi connectivity index (χ4v) is 1.66. The van der Waals surface area contributed by atoms with Gasteiger partial charge in [0.1, 0.15) is 28.2 Å². The number of anilines is 1. The van der Waals surface area contributed by atoms with Gasteiger partial charge in [0.2, 0.25) is 0 Å². The highest BCUT2D eigenvalue weighted by molar-refractivity contribution is 6.29. The molecule has 0 saturated carbocycles. The minimum Gasteiger partial charge on any atom is -0.364 e. The molecule has 6 heteroatoms. The molecule has 2 aromatic rings. The fourth-order valence-electron chi connectivity index (χ4n) is 1.47. The van der Waals surface area contributed by atoms with E-state index in [2.05, 4.69) is 20.4 Å². The Kier molecular flexibility index (Phi) is 3.81. The lowest BCUT2D eigenvalue weighted by Crippen LogP contribution is -2.05. The first-order valence-corrected chi connectivity index (χ1v) is 6.13. The number of nitrogens with zero attached hydrogens (tertiary/aromatic N) is 3. The van der Waals surface area contributed by atoms with Gasteiger partial charge in [0.15, 0.2) is 0 Å². The Morgan fingerprint density at radius 3 is 2.72 bits per heavy atom. The second-order valence-corrected chi connectivity index (χ2v) is 4.76. The summed E-state index contributed by atoms with van der Waals surface area (Å²) in [4.78, 5) is 8.56. The highest BCUT2D eigenvalue weighted by Crippen LogP contribution is 2.17. The van der Waals surface area contributed by atoms with E-state index < -0.39 is 0 Å². The molecule has 0 aliphatic rings. The van der Waals surface area contributed by atoms with Crippen molar-refractivity contribution in [2.45, 2.75) is 33.2 Å². The molecule has 18 heavy (non-hydrogen) atoms. The average molecular weight is 267 g/mol. The molecular formula is C12H15ClN4O.